The van der Waals surface area contributed by atoms with Gasteiger partial charge in [-0.25, -0.2) is 4.98 Å². The third kappa shape index (κ3) is 3.16. The molecule has 0 unspecified atom stereocenters. The molecule has 1 N–H and O–H groups in total. The maximum Gasteiger partial charge on any atom is 0.274 e. The van der Waals surface area contributed by atoms with Gasteiger partial charge in [-0.1, -0.05) is 12.8 Å². The van der Waals surface area contributed by atoms with E-state index < -0.39 is 5.60 Å². The fourth-order valence-electron chi connectivity index (χ4n) is 4.29. The van der Waals surface area contributed by atoms with Crippen LogP contribution in [0, 0.1) is 5.92 Å². The van der Waals surface area contributed by atoms with E-state index in [0.29, 0.717) is 11.7 Å². The second kappa shape index (κ2) is 6.27. The fourth-order valence-corrected chi connectivity index (χ4v) is 4.29. The van der Waals surface area contributed by atoms with Crippen molar-refractivity contribution in [1.29, 1.82) is 0 Å². The van der Waals surface area contributed by atoms with E-state index in [4.69, 9.17) is 0 Å². The molecule has 1 aliphatic carbocycles. The Labute approximate surface area is 138 Å². The summed E-state index contributed by atoms with van der Waals surface area (Å²) in [7, 11) is 0. The zero-order chi connectivity index (χ0) is 16.6. The average molecular weight is 319 g/mol. The van der Waals surface area contributed by atoms with Gasteiger partial charge in [0.1, 0.15) is 5.69 Å². The number of carbonyl (C=O) groups excluding carboxylic acids is 1. The molecule has 3 atom stereocenters. The Kier molecular flexibility index (Phi) is 4.50. The maximum absolute atomic E-state index is 12.9. The number of amides is 1. The minimum Gasteiger partial charge on any atom is -0.390 e. The van der Waals surface area contributed by atoms with Crippen LogP contribution in [0.4, 0.5) is 0 Å². The van der Waals surface area contributed by atoms with Gasteiger partial charge in [0.2, 0.25) is 0 Å². The van der Waals surface area contributed by atoms with Crippen molar-refractivity contribution in [3.8, 4) is 0 Å². The van der Waals surface area contributed by atoms with Gasteiger partial charge >= 0.3 is 0 Å². The quantitative estimate of drug-likeness (QED) is 0.931. The van der Waals surface area contributed by atoms with E-state index in [1.54, 1.807) is 6.33 Å². The summed E-state index contributed by atoms with van der Waals surface area (Å²) < 4.78 is 1.97. The lowest BCUT2D eigenvalue weighted by Gasteiger charge is -2.43. The third-order valence-corrected chi connectivity index (χ3v) is 5.69. The topological polar surface area (TPSA) is 58.4 Å². The Bertz CT molecular complexity index is 564. The molecule has 128 valence electrons. The molecule has 0 bridgehead atoms. The molecule has 2 fully saturated rings. The number of hydrogen-bond donors (Lipinski definition) is 1. The standard InChI is InChI=1S/C18H29N3O2/c1-13(2)20-11-15(19-12-20)17(22)21-10-6-8-16(21)14-7-4-5-9-18(14,3)23/h11-14,16,23H,4-10H2,1-3H3/t14-,16+,18-/m0/s1. The lowest BCUT2D eigenvalue weighted by atomic mass is 9.72. The predicted molar refractivity (Wildman–Crippen MR) is 89.3 cm³/mol. The van der Waals surface area contributed by atoms with Crippen molar-refractivity contribution in [2.24, 2.45) is 5.92 Å². The van der Waals surface area contributed by atoms with Crippen LogP contribution in [-0.4, -0.2) is 43.7 Å². The summed E-state index contributed by atoms with van der Waals surface area (Å²) >= 11 is 0. The Hall–Kier alpha value is -1.36. The highest BCUT2D eigenvalue weighted by atomic mass is 16.3. The molecule has 1 saturated heterocycles. The highest BCUT2D eigenvalue weighted by molar-refractivity contribution is 5.92. The largest absolute Gasteiger partial charge is 0.390 e. The van der Waals surface area contributed by atoms with E-state index in [2.05, 4.69) is 18.8 Å². The highest BCUT2D eigenvalue weighted by Crippen LogP contribution is 2.41. The molecular weight excluding hydrogens is 290 g/mol. The van der Waals surface area contributed by atoms with Gasteiger partial charge in [-0.15, -0.1) is 0 Å². The summed E-state index contributed by atoms with van der Waals surface area (Å²) in [5.41, 5.74) is -0.121. The van der Waals surface area contributed by atoms with Crippen molar-refractivity contribution in [3.05, 3.63) is 18.2 Å². The molecule has 1 amide bonds. The first-order valence-corrected chi connectivity index (χ1v) is 8.97. The van der Waals surface area contributed by atoms with Gasteiger partial charge in [0.15, 0.2) is 0 Å². The second-order valence-electron chi connectivity index (χ2n) is 7.72. The summed E-state index contributed by atoms with van der Waals surface area (Å²) in [6, 6.07) is 0.458. The van der Waals surface area contributed by atoms with Crippen LogP contribution in [0.2, 0.25) is 0 Å². The van der Waals surface area contributed by atoms with E-state index in [9.17, 15) is 9.90 Å². The molecule has 0 aromatic carbocycles. The number of aromatic nitrogens is 2. The molecule has 1 aromatic rings. The van der Waals surface area contributed by atoms with Crippen LogP contribution in [0.5, 0.6) is 0 Å². The van der Waals surface area contributed by atoms with Crippen LogP contribution in [0.3, 0.4) is 0 Å². The van der Waals surface area contributed by atoms with E-state index in [1.165, 1.54) is 0 Å². The predicted octanol–water partition coefficient (Wildman–Crippen LogP) is 3.01. The number of rotatable bonds is 3. The Morgan fingerprint density at radius 1 is 1.35 bits per heavy atom. The molecule has 1 aromatic heterocycles. The van der Waals surface area contributed by atoms with Gasteiger partial charge in [0.25, 0.3) is 5.91 Å². The van der Waals surface area contributed by atoms with E-state index in [1.807, 2.05) is 22.6 Å². The molecule has 0 radical (unpaired) electrons. The molecule has 1 aliphatic heterocycles. The van der Waals surface area contributed by atoms with E-state index in [0.717, 1.165) is 45.1 Å². The van der Waals surface area contributed by atoms with Gasteiger partial charge < -0.3 is 14.6 Å². The van der Waals surface area contributed by atoms with Crippen LogP contribution in [0.1, 0.15) is 75.8 Å². The van der Waals surface area contributed by atoms with Crippen molar-refractivity contribution >= 4 is 5.91 Å². The Morgan fingerprint density at radius 3 is 2.78 bits per heavy atom. The van der Waals surface area contributed by atoms with Crippen LogP contribution >= 0.6 is 0 Å². The van der Waals surface area contributed by atoms with Crippen molar-refractivity contribution in [1.82, 2.24) is 14.5 Å². The summed E-state index contributed by atoms with van der Waals surface area (Å²) in [4.78, 5) is 19.2. The second-order valence-corrected chi connectivity index (χ2v) is 7.72. The fraction of sp³-hybridized carbons (Fsp3) is 0.778. The first-order chi connectivity index (χ1) is 10.9. The number of likely N-dealkylation sites (tertiary alicyclic amines) is 1. The molecule has 5 heteroatoms. The first-order valence-electron chi connectivity index (χ1n) is 8.97. The molecule has 23 heavy (non-hydrogen) atoms. The number of imidazole rings is 1. The summed E-state index contributed by atoms with van der Waals surface area (Å²) in [6.07, 6.45) is 9.71. The van der Waals surface area contributed by atoms with Crippen molar-refractivity contribution < 1.29 is 9.90 Å². The van der Waals surface area contributed by atoms with Crippen LogP contribution < -0.4 is 0 Å². The van der Waals surface area contributed by atoms with Gasteiger partial charge in [-0.05, 0) is 46.5 Å². The SMILES string of the molecule is CC(C)n1cnc(C(=O)N2CCC[C@@H]2[C@@H]2CCCC[C@]2(C)O)c1. The van der Waals surface area contributed by atoms with Crippen molar-refractivity contribution in [2.75, 3.05) is 6.54 Å². The van der Waals surface area contributed by atoms with Crippen LogP contribution in [0.15, 0.2) is 12.5 Å². The Morgan fingerprint density at radius 2 is 2.13 bits per heavy atom. The molecular formula is C18H29N3O2. The van der Waals surface area contributed by atoms with Gasteiger partial charge in [0.05, 0.1) is 11.9 Å². The zero-order valence-corrected chi connectivity index (χ0v) is 14.5. The lowest BCUT2D eigenvalue weighted by Crippen LogP contribution is -2.50. The monoisotopic (exact) mass is 319 g/mol. The van der Waals surface area contributed by atoms with Crippen LogP contribution in [0.25, 0.3) is 0 Å². The van der Waals surface area contributed by atoms with Gasteiger partial charge in [0, 0.05) is 30.7 Å². The maximum atomic E-state index is 12.9. The molecule has 1 saturated carbocycles. The first kappa shape index (κ1) is 16.5. The average Bonchev–Trinajstić information content (AvgIpc) is 3.15. The molecule has 3 rings (SSSR count). The normalized spacial score (nSPS) is 31.8. The molecule has 2 heterocycles. The van der Waals surface area contributed by atoms with E-state index in [-0.39, 0.29) is 17.9 Å². The smallest absolute Gasteiger partial charge is 0.274 e. The lowest BCUT2D eigenvalue weighted by molar-refractivity contribution is -0.0578. The van der Waals surface area contributed by atoms with E-state index >= 15 is 0 Å². The Balaban J connectivity index is 1.79. The summed E-state index contributed by atoms with van der Waals surface area (Å²) in [5, 5.41) is 10.8. The van der Waals surface area contributed by atoms with Crippen LogP contribution in [-0.2, 0) is 0 Å². The highest BCUT2D eigenvalue weighted by Gasteiger charge is 2.45. The summed E-state index contributed by atoms with van der Waals surface area (Å²) in [6.45, 7) is 6.89. The molecule has 2 aliphatic rings. The summed E-state index contributed by atoms with van der Waals surface area (Å²) in [5.74, 6) is 0.211. The molecule has 0 spiro atoms. The number of aliphatic hydroxyl groups is 1. The number of hydrogen-bond acceptors (Lipinski definition) is 3. The number of nitrogens with zero attached hydrogens (tertiary/aromatic N) is 3. The minimum absolute atomic E-state index is 0.0215. The number of carbonyl (C=O) groups is 1. The zero-order valence-electron chi connectivity index (χ0n) is 14.5. The van der Waals surface area contributed by atoms with Crippen molar-refractivity contribution in [3.63, 3.8) is 0 Å². The van der Waals surface area contributed by atoms with Gasteiger partial charge in [-0.3, -0.25) is 4.79 Å². The third-order valence-electron chi connectivity index (χ3n) is 5.69. The minimum atomic E-state index is -0.650. The molecule has 5 nitrogen and oxygen atoms in total. The van der Waals surface area contributed by atoms with Crippen molar-refractivity contribution in [2.45, 2.75) is 77.0 Å². The van der Waals surface area contributed by atoms with Gasteiger partial charge in [-0.2, -0.15) is 0 Å².